The fraction of sp³-hybridized carbons (Fsp3) is 0.321. The van der Waals surface area contributed by atoms with E-state index < -0.39 is 0 Å². The maximum Gasteiger partial charge on any atom is 0.197 e. The molecule has 0 saturated heterocycles. The fourth-order valence-corrected chi connectivity index (χ4v) is 5.24. The van der Waals surface area contributed by atoms with Gasteiger partial charge >= 0.3 is 0 Å². The number of nitrogens with zero attached hydrogens (tertiary/aromatic N) is 1. The lowest BCUT2D eigenvalue weighted by atomic mass is 9.92. The highest BCUT2D eigenvalue weighted by atomic mass is 79.9. The number of ether oxygens (including phenoxy) is 5. The first kappa shape index (κ1) is 24.3. The minimum absolute atomic E-state index is 0.632. The summed E-state index contributed by atoms with van der Waals surface area (Å²) < 4.78 is 34.6. The molecule has 0 aliphatic rings. The summed E-state index contributed by atoms with van der Waals surface area (Å²) in [6, 6.07) is 9.99. The molecule has 1 heterocycles. The molecule has 0 radical (unpaired) electrons. The predicted molar refractivity (Wildman–Crippen MR) is 146 cm³/mol. The van der Waals surface area contributed by atoms with Gasteiger partial charge in [-0.3, -0.25) is 0 Å². The molecule has 0 fully saturated rings. The van der Waals surface area contributed by atoms with Gasteiger partial charge in [0.2, 0.25) is 0 Å². The van der Waals surface area contributed by atoms with Gasteiger partial charge in [-0.2, -0.15) is 0 Å². The standard InChI is InChI=1S/C28H28BrNO6/c1-31-20-10-15-16-11-22(33-3)23(34-4)13-18(16)26-19(17(15)12-21(20)32-2)14-24(35-5)28-27(26)30-25(36-28)8-6-7-9-29/h10-14H,6-9H2,1-5H3. The third-order valence-corrected chi connectivity index (χ3v) is 7.13. The molecule has 188 valence electrons. The van der Waals surface area contributed by atoms with Crippen molar-refractivity contribution in [3.63, 3.8) is 0 Å². The van der Waals surface area contributed by atoms with Gasteiger partial charge in [-0.15, -0.1) is 0 Å². The molecule has 0 saturated carbocycles. The zero-order valence-electron chi connectivity index (χ0n) is 21.0. The van der Waals surface area contributed by atoms with Crippen molar-refractivity contribution in [2.75, 3.05) is 40.9 Å². The van der Waals surface area contributed by atoms with Crippen molar-refractivity contribution in [3.8, 4) is 28.7 Å². The average molecular weight is 554 g/mol. The van der Waals surface area contributed by atoms with Crippen LogP contribution in [0.4, 0.5) is 0 Å². The van der Waals surface area contributed by atoms with Gasteiger partial charge in [-0.1, -0.05) is 15.9 Å². The molecule has 0 unspecified atom stereocenters. The van der Waals surface area contributed by atoms with Crippen LogP contribution in [0.5, 0.6) is 28.7 Å². The van der Waals surface area contributed by atoms with E-state index in [4.69, 9.17) is 33.1 Å². The second-order valence-corrected chi connectivity index (χ2v) is 9.23. The number of rotatable bonds is 9. The minimum atomic E-state index is 0.632. The molecule has 1 aromatic heterocycles. The number of aromatic nitrogens is 1. The van der Waals surface area contributed by atoms with Gasteiger partial charge < -0.3 is 28.1 Å². The van der Waals surface area contributed by atoms with E-state index in [2.05, 4.69) is 15.9 Å². The monoisotopic (exact) mass is 553 g/mol. The average Bonchev–Trinajstić information content (AvgIpc) is 3.34. The van der Waals surface area contributed by atoms with Gasteiger partial charge in [0.1, 0.15) is 5.52 Å². The molecule has 5 rings (SSSR count). The van der Waals surface area contributed by atoms with Crippen LogP contribution in [0.3, 0.4) is 0 Å². The van der Waals surface area contributed by atoms with E-state index in [-0.39, 0.29) is 0 Å². The van der Waals surface area contributed by atoms with E-state index in [1.807, 2.05) is 30.3 Å². The van der Waals surface area contributed by atoms with Gasteiger partial charge in [0.05, 0.1) is 35.5 Å². The van der Waals surface area contributed by atoms with Crippen LogP contribution in [0.1, 0.15) is 18.7 Å². The van der Waals surface area contributed by atoms with Gasteiger partial charge in [-0.05, 0) is 70.1 Å². The van der Waals surface area contributed by atoms with E-state index in [0.717, 1.165) is 62.4 Å². The summed E-state index contributed by atoms with van der Waals surface area (Å²) in [5, 5.41) is 6.78. The van der Waals surface area contributed by atoms with Gasteiger partial charge in [-0.25, -0.2) is 4.98 Å². The summed E-state index contributed by atoms with van der Waals surface area (Å²) in [6.45, 7) is 0. The summed E-state index contributed by atoms with van der Waals surface area (Å²) in [7, 11) is 8.19. The molecule has 4 aromatic carbocycles. The molecule has 0 atom stereocenters. The topological polar surface area (TPSA) is 72.2 Å². The van der Waals surface area contributed by atoms with Crippen LogP contribution < -0.4 is 23.7 Å². The van der Waals surface area contributed by atoms with Gasteiger partial charge in [0, 0.05) is 17.1 Å². The van der Waals surface area contributed by atoms with E-state index in [1.54, 1.807) is 35.5 Å². The molecule has 0 amide bonds. The number of halogens is 1. The maximum atomic E-state index is 6.24. The van der Waals surface area contributed by atoms with Crippen LogP contribution in [0.25, 0.3) is 43.4 Å². The number of hydrogen-bond acceptors (Lipinski definition) is 7. The Morgan fingerprint density at radius 1 is 0.639 bits per heavy atom. The van der Waals surface area contributed by atoms with E-state index in [0.29, 0.717) is 40.2 Å². The highest BCUT2D eigenvalue weighted by molar-refractivity contribution is 9.09. The molecule has 8 heteroatoms. The van der Waals surface area contributed by atoms with Crippen molar-refractivity contribution >= 4 is 59.3 Å². The van der Waals surface area contributed by atoms with Crippen LogP contribution >= 0.6 is 15.9 Å². The Bertz CT molecular complexity index is 1550. The molecule has 0 spiro atoms. The van der Waals surface area contributed by atoms with Crippen molar-refractivity contribution in [1.29, 1.82) is 0 Å². The van der Waals surface area contributed by atoms with Crippen LogP contribution in [0.2, 0.25) is 0 Å². The van der Waals surface area contributed by atoms with E-state index >= 15 is 0 Å². The molecule has 0 bridgehead atoms. The molecule has 0 aliphatic heterocycles. The number of alkyl halides is 1. The Hall–Kier alpha value is -3.39. The second-order valence-electron chi connectivity index (χ2n) is 8.44. The number of fused-ring (bicyclic) bond motifs is 8. The molecular formula is C28H28BrNO6. The van der Waals surface area contributed by atoms with Crippen LogP contribution in [-0.2, 0) is 6.42 Å². The van der Waals surface area contributed by atoms with Crippen LogP contribution in [0.15, 0.2) is 34.7 Å². The molecule has 0 aliphatic carbocycles. The fourth-order valence-electron chi connectivity index (χ4n) is 4.84. The first-order chi connectivity index (χ1) is 17.6. The first-order valence-corrected chi connectivity index (χ1v) is 12.8. The lowest BCUT2D eigenvalue weighted by molar-refractivity contribution is 0.355. The summed E-state index contributed by atoms with van der Waals surface area (Å²) >= 11 is 3.50. The zero-order chi connectivity index (χ0) is 25.4. The number of benzene rings is 4. The summed E-state index contributed by atoms with van der Waals surface area (Å²) in [6.07, 6.45) is 2.77. The first-order valence-electron chi connectivity index (χ1n) is 11.7. The van der Waals surface area contributed by atoms with Crippen molar-refractivity contribution in [3.05, 3.63) is 36.2 Å². The summed E-state index contributed by atoms with van der Waals surface area (Å²) in [4.78, 5) is 4.96. The lowest BCUT2D eigenvalue weighted by Gasteiger charge is -2.17. The molecule has 36 heavy (non-hydrogen) atoms. The zero-order valence-corrected chi connectivity index (χ0v) is 22.6. The molecule has 5 aromatic rings. The van der Waals surface area contributed by atoms with Crippen LogP contribution in [-0.4, -0.2) is 45.9 Å². The SMILES string of the molecule is COc1cc2c3cc(OC)c(OC)cc3c3c(cc(OC)c4oc(CCCCBr)nc43)c2cc1OC. The normalized spacial score (nSPS) is 11.5. The van der Waals surface area contributed by atoms with E-state index in [1.165, 1.54) is 0 Å². The molecule has 0 N–H and O–H groups in total. The quantitative estimate of drug-likeness (QED) is 0.110. The number of hydrogen-bond donors (Lipinski definition) is 0. The number of methoxy groups -OCH3 is 5. The minimum Gasteiger partial charge on any atom is -0.493 e. The van der Waals surface area contributed by atoms with Gasteiger partial charge in [0.25, 0.3) is 0 Å². The van der Waals surface area contributed by atoms with Crippen molar-refractivity contribution in [1.82, 2.24) is 4.98 Å². The lowest BCUT2D eigenvalue weighted by Crippen LogP contribution is -1.95. The third kappa shape index (κ3) is 3.84. The summed E-state index contributed by atoms with van der Waals surface area (Å²) in [5.41, 5.74) is 1.39. The molecular weight excluding hydrogens is 526 g/mol. The Labute approximate surface area is 217 Å². The largest absolute Gasteiger partial charge is 0.493 e. The van der Waals surface area contributed by atoms with Crippen molar-refractivity contribution in [2.45, 2.75) is 19.3 Å². The highest BCUT2D eigenvalue weighted by Crippen LogP contribution is 2.47. The maximum absolute atomic E-state index is 6.24. The summed E-state index contributed by atoms with van der Waals surface area (Å²) in [5.74, 6) is 3.88. The smallest absolute Gasteiger partial charge is 0.197 e. The number of oxazole rings is 1. The van der Waals surface area contributed by atoms with Crippen LogP contribution in [0, 0.1) is 0 Å². The van der Waals surface area contributed by atoms with Crippen molar-refractivity contribution < 1.29 is 28.1 Å². The number of aryl methyl sites for hydroxylation is 1. The van der Waals surface area contributed by atoms with Crippen molar-refractivity contribution in [2.24, 2.45) is 0 Å². The Balaban J connectivity index is 1.99. The highest BCUT2D eigenvalue weighted by Gasteiger charge is 2.22. The Morgan fingerprint density at radius 2 is 1.08 bits per heavy atom. The van der Waals surface area contributed by atoms with E-state index in [9.17, 15) is 0 Å². The molecule has 7 nitrogen and oxygen atoms in total. The Kier molecular flexibility index (Phi) is 6.71. The Morgan fingerprint density at radius 3 is 1.56 bits per heavy atom. The number of unbranched alkanes of at least 4 members (excludes halogenated alkanes) is 1. The van der Waals surface area contributed by atoms with Gasteiger partial charge in [0.15, 0.2) is 40.2 Å². The predicted octanol–water partition coefficient (Wildman–Crippen LogP) is 7.05. The third-order valence-electron chi connectivity index (χ3n) is 6.57. The second kappa shape index (κ2) is 9.93.